The van der Waals surface area contributed by atoms with E-state index in [1.54, 1.807) is 17.4 Å². The lowest BCUT2D eigenvalue weighted by Crippen LogP contribution is -2.36. The van der Waals surface area contributed by atoms with Crippen LogP contribution in [0.1, 0.15) is 22.4 Å². The third kappa shape index (κ3) is 4.82. The molecular weight excluding hydrogens is 336 g/mol. The molecule has 1 N–H and O–H groups in total. The van der Waals surface area contributed by atoms with E-state index in [0.717, 1.165) is 37.8 Å². The third-order valence-electron chi connectivity index (χ3n) is 4.31. The lowest BCUT2D eigenvalue weighted by Gasteiger charge is -2.27. The average Bonchev–Trinajstić information content (AvgIpc) is 3.13. The fourth-order valence-electron chi connectivity index (χ4n) is 3.14. The van der Waals surface area contributed by atoms with E-state index < -0.39 is 5.97 Å². The molecule has 2 aromatic rings. The quantitative estimate of drug-likeness (QED) is 0.270. The van der Waals surface area contributed by atoms with Gasteiger partial charge in [0, 0.05) is 22.4 Å². The number of hydrogen-bond acceptors (Lipinski definition) is 5. The van der Waals surface area contributed by atoms with E-state index in [9.17, 15) is 4.79 Å². The Hall–Kier alpha value is -2.34. The first-order valence-corrected chi connectivity index (χ1v) is 9.22. The number of hydrogen-bond donors (Lipinski definition) is 1. The second kappa shape index (κ2) is 8.67. The van der Waals surface area contributed by atoms with Crippen LogP contribution in [-0.4, -0.2) is 25.1 Å². The maximum atomic E-state index is 11.7. The maximum Gasteiger partial charge on any atom is 0.317 e. The van der Waals surface area contributed by atoms with E-state index in [2.05, 4.69) is 38.9 Å². The number of nitrogens with zero attached hydrogens (tertiary/aromatic N) is 3. The lowest BCUT2D eigenvalue weighted by atomic mass is 9.87. The number of carbonyl (C=O) groups excluding carboxylic acids is 1. The minimum absolute atomic E-state index is 0.285. The number of thiophene rings is 1. The van der Waals surface area contributed by atoms with Crippen molar-refractivity contribution in [3.05, 3.63) is 62.2 Å². The van der Waals surface area contributed by atoms with E-state index in [1.807, 2.05) is 6.07 Å². The Morgan fingerprint density at radius 3 is 3.12 bits per heavy atom. The Labute approximate surface area is 150 Å². The number of carbonyl (C=O) groups is 1. The molecule has 0 bridgehead atoms. The summed E-state index contributed by atoms with van der Waals surface area (Å²) in [6.45, 7) is 0.689. The van der Waals surface area contributed by atoms with E-state index in [0.29, 0.717) is 11.8 Å². The Kier molecular flexibility index (Phi) is 6.06. The van der Waals surface area contributed by atoms with E-state index >= 15 is 0 Å². The summed E-state index contributed by atoms with van der Waals surface area (Å²) in [4.78, 5) is 15.7. The van der Waals surface area contributed by atoms with E-state index in [1.165, 1.54) is 10.4 Å². The van der Waals surface area contributed by atoms with Gasteiger partial charge in [0.15, 0.2) is 0 Å². The van der Waals surface area contributed by atoms with Gasteiger partial charge >= 0.3 is 5.97 Å². The SMILES string of the molecule is [N-]=[N+]=NCC(=O)Oc1cccc2c1CC[C@H](NCCc1cccs1)C2. The molecule has 1 aliphatic carbocycles. The number of nitrogens with one attached hydrogen (secondary N) is 1. The number of rotatable bonds is 7. The number of esters is 1. The van der Waals surface area contributed by atoms with Crippen LogP contribution in [0.5, 0.6) is 5.75 Å². The first-order valence-electron chi connectivity index (χ1n) is 8.34. The summed E-state index contributed by atoms with van der Waals surface area (Å²) < 4.78 is 5.36. The highest BCUT2D eigenvalue weighted by molar-refractivity contribution is 7.09. The molecule has 0 saturated carbocycles. The molecule has 0 spiro atoms. The highest BCUT2D eigenvalue weighted by Crippen LogP contribution is 2.30. The molecule has 25 heavy (non-hydrogen) atoms. The van der Waals surface area contributed by atoms with Gasteiger partial charge in [-0.3, -0.25) is 4.79 Å². The van der Waals surface area contributed by atoms with E-state index in [4.69, 9.17) is 10.3 Å². The zero-order valence-corrected chi connectivity index (χ0v) is 14.7. The van der Waals surface area contributed by atoms with Crippen molar-refractivity contribution in [1.29, 1.82) is 0 Å². The Morgan fingerprint density at radius 1 is 1.40 bits per heavy atom. The predicted octanol–water partition coefficient (Wildman–Crippen LogP) is 3.65. The molecule has 0 amide bonds. The molecule has 0 saturated heterocycles. The van der Waals surface area contributed by atoms with Crippen molar-refractivity contribution in [2.75, 3.05) is 13.1 Å². The highest BCUT2D eigenvalue weighted by Gasteiger charge is 2.21. The van der Waals surface area contributed by atoms with Gasteiger partial charge in [-0.25, -0.2) is 0 Å². The van der Waals surface area contributed by atoms with Gasteiger partial charge in [-0.15, -0.1) is 11.3 Å². The van der Waals surface area contributed by atoms with Gasteiger partial charge in [0.1, 0.15) is 12.3 Å². The van der Waals surface area contributed by atoms with Gasteiger partial charge in [-0.05, 0) is 59.9 Å². The molecule has 1 aromatic carbocycles. The van der Waals surface area contributed by atoms with Crippen molar-refractivity contribution >= 4 is 17.3 Å². The fraction of sp³-hybridized carbons (Fsp3) is 0.389. The van der Waals surface area contributed by atoms with Gasteiger partial charge < -0.3 is 10.1 Å². The normalized spacial score (nSPS) is 15.9. The summed E-state index contributed by atoms with van der Waals surface area (Å²) in [7, 11) is 0. The summed E-state index contributed by atoms with van der Waals surface area (Å²) in [5, 5.41) is 8.98. The fourth-order valence-corrected chi connectivity index (χ4v) is 3.85. The van der Waals surface area contributed by atoms with Crippen LogP contribution in [0.15, 0.2) is 40.8 Å². The molecule has 1 atom stereocenters. The van der Waals surface area contributed by atoms with Crippen LogP contribution in [0, 0.1) is 0 Å². The van der Waals surface area contributed by atoms with Crippen LogP contribution >= 0.6 is 11.3 Å². The van der Waals surface area contributed by atoms with Crippen LogP contribution in [0.25, 0.3) is 10.4 Å². The number of fused-ring (bicyclic) bond motifs is 1. The van der Waals surface area contributed by atoms with Gasteiger partial charge in [-0.2, -0.15) is 0 Å². The zero-order chi connectivity index (χ0) is 17.5. The lowest BCUT2D eigenvalue weighted by molar-refractivity contribution is -0.132. The molecule has 0 fully saturated rings. The monoisotopic (exact) mass is 356 g/mol. The Bertz CT molecular complexity index is 769. The molecule has 1 aliphatic rings. The van der Waals surface area contributed by atoms with Crippen LogP contribution in [0.3, 0.4) is 0 Å². The second-order valence-electron chi connectivity index (χ2n) is 5.98. The van der Waals surface area contributed by atoms with Crippen molar-refractivity contribution in [2.45, 2.75) is 31.7 Å². The van der Waals surface area contributed by atoms with Crippen molar-refractivity contribution in [3.8, 4) is 5.75 Å². The summed E-state index contributed by atoms with van der Waals surface area (Å²) in [6, 6.07) is 10.5. The van der Waals surface area contributed by atoms with Crippen LogP contribution in [0.4, 0.5) is 0 Å². The maximum absolute atomic E-state index is 11.7. The third-order valence-corrected chi connectivity index (χ3v) is 5.25. The first kappa shape index (κ1) is 17.5. The highest BCUT2D eigenvalue weighted by atomic mass is 32.1. The predicted molar refractivity (Wildman–Crippen MR) is 97.9 cm³/mol. The summed E-state index contributed by atoms with van der Waals surface area (Å²) in [5.41, 5.74) is 10.6. The molecule has 1 heterocycles. The van der Waals surface area contributed by atoms with Crippen LogP contribution in [-0.2, 0) is 24.1 Å². The first-order chi connectivity index (χ1) is 12.3. The molecule has 3 rings (SSSR count). The Morgan fingerprint density at radius 2 is 2.32 bits per heavy atom. The van der Waals surface area contributed by atoms with Gasteiger partial charge in [0.25, 0.3) is 0 Å². The summed E-state index contributed by atoms with van der Waals surface area (Å²) >= 11 is 1.79. The number of benzene rings is 1. The topological polar surface area (TPSA) is 87.1 Å². The van der Waals surface area contributed by atoms with Crippen molar-refractivity contribution in [3.63, 3.8) is 0 Å². The molecule has 0 radical (unpaired) electrons. The number of azide groups is 1. The minimum atomic E-state index is -0.526. The molecular formula is C18H20N4O2S. The van der Waals surface area contributed by atoms with E-state index in [-0.39, 0.29) is 6.54 Å². The smallest absolute Gasteiger partial charge is 0.317 e. The van der Waals surface area contributed by atoms with Gasteiger partial charge in [0.05, 0.1) is 0 Å². The van der Waals surface area contributed by atoms with Crippen LogP contribution < -0.4 is 10.1 Å². The standard InChI is InChI=1S/C18H20N4O2S/c19-22-21-12-18(23)24-17-5-1-3-13-11-14(6-7-16(13)17)20-9-8-15-4-2-10-25-15/h1-5,10,14,20H,6-9,11-12H2/t14-/m0/s1. The number of ether oxygens (including phenoxy) is 1. The zero-order valence-electron chi connectivity index (χ0n) is 13.9. The second-order valence-corrected chi connectivity index (χ2v) is 7.01. The molecule has 0 unspecified atom stereocenters. The largest absolute Gasteiger partial charge is 0.426 e. The van der Waals surface area contributed by atoms with Gasteiger partial charge in [-0.1, -0.05) is 23.3 Å². The molecule has 130 valence electrons. The minimum Gasteiger partial charge on any atom is -0.426 e. The molecule has 0 aliphatic heterocycles. The summed E-state index contributed by atoms with van der Waals surface area (Å²) in [6.07, 6.45) is 3.87. The average molecular weight is 356 g/mol. The Balaban J connectivity index is 1.57. The molecule has 1 aromatic heterocycles. The summed E-state index contributed by atoms with van der Waals surface area (Å²) in [5.74, 6) is 0.0649. The molecule has 6 nitrogen and oxygen atoms in total. The van der Waals surface area contributed by atoms with Crippen molar-refractivity contribution in [1.82, 2.24) is 5.32 Å². The van der Waals surface area contributed by atoms with Crippen molar-refractivity contribution in [2.24, 2.45) is 5.11 Å². The van der Waals surface area contributed by atoms with Gasteiger partial charge in [0.2, 0.25) is 0 Å². The molecule has 7 heteroatoms. The van der Waals surface area contributed by atoms with Crippen LogP contribution in [0.2, 0.25) is 0 Å². The van der Waals surface area contributed by atoms with Crippen molar-refractivity contribution < 1.29 is 9.53 Å².